The van der Waals surface area contributed by atoms with Crippen molar-refractivity contribution in [3.63, 3.8) is 0 Å². The number of hydrogen-bond donors (Lipinski definition) is 3. The van der Waals surface area contributed by atoms with Crippen LogP contribution in [0.25, 0.3) is 11.4 Å². The van der Waals surface area contributed by atoms with Crippen LogP contribution in [0, 0.1) is 6.92 Å². The van der Waals surface area contributed by atoms with Gasteiger partial charge >= 0.3 is 0 Å². The third-order valence-electron chi connectivity index (χ3n) is 2.60. The van der Waals surface area contributed by atoms with E-state index < -0.39 is 0 Å². The van der Waals surface area contributed by atoms with Crippen LogP contribution in [0.5, 0.6) is 0 Å². The Morgan fingerprint density at radius 3 is 3.00 bits per heavy atom. The molecule has 1 aromatic heterocycles. The van der Waals surface area contributed by atoms with Gasteiger partial charge in [0, 0.05) is 22.8 Å². The van der Waals surface area contributed by atoms with Gasteiger partial charge in [-0.1, -0.05) is 23.7 Å². The summed E-state index contributed by atoms with van der Waals surface area (Å²) in [7, 11) is 0. The number of amides is 1. The monoisotopic (exact) mass is 279 g/mol. The SMILES string of the molecule is Cc1[nH]c(-c2cccc(Cl)c2)nc1C(=O)NCCO. The van der Waals surface area contributed by atoms with Crippen LogP contribution in [0.3, 0.4) is 0 Å². The predicted molar refractivity (Wildman–Crippen MR) is 73.2 cm³/mol. The lowest BCUT2D eigenvalue weighted by molar-refractivity contribution is 0.0939. The highest BCUT2D eigenvalue weighted by atomic mass is 35.5. The van der Waals surface area contributed by atoms with Gasteiger partial charge in [0.05, 0.1) is 6.61 Å². The van der Waals surface area contributed by atoms with Gasteiger partial charge in [0.1, 0.15) is 11.5 Å². The molecule has 2 rings (SSSR count). The third-order valence-corrected chi connectivity index (χ3v) is 2.83. The predicted octanol–water partition coefficient (Wildman–Crippen LogP) is 1.76. The van der Waals surface area contributed by atoms with E-state index in [9.17, 15) is 4.79 Å². The van der Waals surface area contributed by atoms with Crippen LogP contribution in [0.1, 0.15) is 16.2 Å². The summed E-state index contributed by atoms with van der Waals surface area (Å²) in [6.07, 6.45) is 0. The minimum absolute atomic E-state index is 0.101. The molecule has 6 heteroatoms. The highest BCUT2D eigenvalue weighted by Gasteiger charge is 2.15. The van der Waals surface area contributed by atoms with Crippen molar-refractivity contribution in [1.29, 1.82) is 0 Å². The summed E-state index contributed by atoms with van der Waals surface area (Å²) in [5, 5.41) is 11.9. The molecule has 0 radical (unpaired) electrons. The van der Waals surface area contributed by atoms with E-state index in [-0.39, 0.29) is 19.1 Å². The number of carbonyl (C=O) groups is 1. The number of carbonyl (C=O) groups excluding carboxylic acids is 1. The molecule has 100 valence electrons. The molecule has 3 N–H and O–H groups in total. The van der Waals surface area contributed by atoms with Crippen LogP contribution in [0.4, 0.5) is 0 Å². The Balaban J connectivity index is 2.28. The Labute approximate surface area is 115 Å². The summed E-state index contributed by atoms with van der Waals surface area (Å²) in [6, 6.07) is 7.23. The summed E-state index contributed by atoms with van der Waals surface area (Å²) in [4.78, 5) is 19.1. The summed E-state index contributed by atoms with van der Waals surface area (Å²) in [5.41, 5.74) is 1.81. The fourth-order valence-corrected chi connectivity index (χ4v) is 1.90. The van der Waals surface area contributed by atoms with E-state index in [1.807, 2.05) is 12.1 Å². The summed E-state index contributed by atoms with van der Waals surface area (Å²) in [5.74, 6) is 0.283. The third kappa shape index (κ3) is 3.13. The number of aromatic nitrogens is 2. The molecular weight excluding hydrogens is 266 g/mol. The van der Waals surface area contributed by atoms with E-state index in [0.29, 0.717) is 22.2 Å². The number of nitrogens with zero attached hydrogens (tertiary/aromatic N) is 1. The maximum Gasteiger partial charge on any atom is 0.271 e. The van der Waals surface area contributed by atoms with Gasteiger partial charge in [-0.2, -0.15) is 0 Å². The number of rotatable bonds is 4. The van der Waals surface area contributed by atoms with Gasteiger partial charge in [-0.15, -0.1) is 0 Å². The Morgan fingerprint density at radius 2 is 2.32 bits per heavy atom. The molecule has 0 aliphatic rings. The number of aryl methyl sites for hydroxylation is 1. The second-order valence-electron chi connectivity index (χ2n) is 4.05. The van der Waals surface area contributed by atoms with Gasteiger partial charge in [-0.25, -0.2) is 4.98 Å². The number of aromatic amines is 1. The van der Waals surface area contributed by atoms with Crippen LogP contribution in [0.15, 0.2) is 24.3 Å². The van der Waals surface area contributed by atoms with Crippen LogP contribution in [-0.2, 0) is 0 Å². The second kappa shape index (κ2) is 5.86. The molecule has 0 atom stereocenters. The van der Waals surface area contributed by atoms with E-state index in [2.05, 4.69) is 15.3 Å². The van der Waals surface area contributed by atoms with E-state index in [0.717, 1.165) is 5.56 Å². The van der Waals surface area contributed by atoms with Crippen LogP contribution in [0.2, 0.25) is 5.02 Å². The molecule has 1 heterocycles. The molecule has 0 saturated heterocycles. The molecular formula is C13H14ClN3O2. The first kappa shape index (κ1) is 13.6. The first-order valence-electron chi connectivity index (χ1n) is 5.83. The van der Waals surface area contributed by atoms with Gasteiger partial charge in [0.15, 0.2) is 0 Å². The van der Waals surface area contributed by atoms with Crippen molar-refractivity contribution in [1.82, 2.24) is 15.3 Å². The zero-order valence-corrected chi connectivity index (χ0v) is 11.2. The van der Waals surface area contributed by atoms with Crippen molar-refractivity contribution >= 4 is 17.5 Å². The van der Waals surface area contributed by atoms with E-state index in [4.69, 9.17) is 16.7 Å². The number of imidazole rings is 1. The maximum atomic E-state index is 11.8. The number of aliphatic hydroxyl groups excluding tert-OH is 1. The Kier molecular flexibility index (Phi) is 4.19. The molecule has 5 nitrogen and oxygen atoms in total. The minimum Gasteiger partial charge on any atom is -0.395 e. The lowest BCUT2D eigenvalue weighted by Crippen LogP contribution is -2.27. The number of benzene rings is 1. The fraction of sp³-hybridized carbons (Fsp3) is 0.231. The Bertz CT molecular complexity index is 595. The van der Waals surface area contributed by atoms with Crippen LogP contribution >= 0.6 is 11.6 Å². The van der Waals surface area contributed by atoms with Crippen molar-refractivity contribution in [2.75, 3.05) is 13.2 Å². The maximum absolute atomic E-state index is 11.8. The smallest absolute Gasteiger partial charge is 0.271 e. The zero-order chi connectivity index (χ0) is 13.8. The Hall–Kier alpha value is -1.85. The molecule has 0 bridgehead atoms. The van der Waals surface area contributed by atoms with Crippen molar-refractivity contribution in [2.24, 2.45) is 0 Å². The molecule has 2 aromatic rings. The minimum atomic E-state index is -0.309. The first-order valence-corrected chi connectivity index (χ1v) is 6.21. The fourth-order valence-electron chi connectivity index (χ4n) is 1.71. The first-order chi connectivity index (χ1) is 9.11. The Morgan fingerprint density at radius 1 is 1.53 bits per heavy atom. The van der Waals surface area contributed by atoms with E-state index in [1.165, 1.54) is 0 Å². The number of aliphatic hydroxyl groups is 1. The van der Waals surface area contributed by atoms with Crippen LogP contribution < -0.4 is 5.32 Å². The second-order valence-corrected chi connectivity index (χ2v) is 4.49. The molecule has 1 amide bonds. The lowest BCUT2D eigenvalue weighted by atomic mass is 10.2. The molecule has 0 saturated carbocycles. The topological polar surface area (TPSA) is 78.0 Å². The molecule has 1 aromatic carbocycles. The van der Waals surface area contributed by atoms with Gasteiger partial charge in [-0.3, -0.25) is 4.79 Å². The van der Waals surface area contributed by atoms with E-state index in [1.54, 1.807) is 19.1 Å². The highest BCUT2D eigenvalue weighted by molar-refractivity contribution is 6.30. The van der Waals surface area contributed by atoms with Gasteiger partial charge in [-0.05, 0) is 19.1 Å². The number of hydrogen-bond acceptors (Lipinski definition) is 3. The quantitative estimate of drug-likeness (QED) is 0.798. The average Bonchev–Trinajstić information content (AvgIpc) is 2.78. The van der Waals surface area contributed by atoms with Gasteiger partial charge in [0.2, 0.25) is 0 Å². The summed E-state index contributed by atoms with van der Waals surface area (Å²) >= 11 is 5.92. The molecule has 19 heavy (non-hydrogen) atoms. The standard InChI is InChI=1S/C13H14ClN3O2/c1-8-11(13(19)15-5-6-18)17-12(16-8)9-3-2-4-10(14)7-9/h2-4,7,18H,5-6H2,1H3,(H,15,19)(H,16,17). The number of nitrogens with one attached hydrogen (secondary N) is 2. The van der Waals surface area contributed by atoms with Crippen molar-refractivity contribution in [3.05, 3.63) is 40.7 Å². The molecule has 0 fully saturated rings. The summed E-state index contributed by atoms with van der Waals surface area (Å²) in [6.45, 7) is 1.88. The lowest BCUT2D eigenvalue weighted by Gasteiger charge is -2.00. The van der Waals surface area contributed by atoms with Crippen molar-refractivity contribution in [2.45, 2.75) is 6.92 Å². The normalized spacial score (nSPS) is 10.5. The van der Waals surface area contributed by atoms with Gasteiger partial charge in [0.25, 0.3) is 5.91 Å². The van der Waals surface area contributed by atoms with Crippen molar-refractivity contribution < 1.29 is 9.90 Å². The van der Waals surface area contributed by atoms with Gasteiger partial charge < -0.3 is 15.4 Å². The highest BCUT2D eigenvalue weighted by Crippen LogP contribution is 2.21. The molecule has 0 spiro atoms. The van der Waals surface area contributed by atoms with Crippen LogP contribution in [-0.4, -0.2) is 34.1 Å². The van der Waals surface area contributed by atoms with E-state index >= 15 is 0 Å². The molecule has 0 aliphatic heterocycles. The summed E-state index contributed by atoms with van der Waals surface area (Å²) < 4.78 is 0. The number of H-pyrrole nitrogens is 1. The number of halogens is 1. The zero-order valence-electron chi connectivity index (χ0n) is 10.4. The van der Waals surface area contributed by atoms with Crippen molar-refractivity contribution in [3.8, 4) is 11.4 Å². The molecule has 0 aliphatic carbocycles. The molecule has 0 unspecified atom stereocenters. The average molecular weight is 280 g/mol. The largest absolute Gasteiger partial charge is 0.395 e.